The fourth-order valence-electron chi connectivity index (χ4n) is 5.39. The van der Waals surface area contributed by atoms with Gasteiger partial charge < -0.3 is 24.8 Å². The summed E-state index contributed by atoms with van der Waals surface area (Å²) in [6.07, 6.45) is 2.42. The van der Waals surface area contributed by atoms with E-state index in [4.69, 9.17) is 4.42 Å². The van der Waals surface area contributed by atoms with Gasteiger partial charge in [0.1, 0.15) is 0 Å². The van der Waals surface area contributed by atoms with Crippen molar-refractivity contribution < 1.29 is 52.5 Å². The maximum Gasteiger partial charge on any atom is -1.00 e. The third-order valence-electron chi connectivity index (χ3n) is 6.95. The molecule has 0 fully saturated rings. The second-order valence-electron chi connectivity index (χ2n) is 8.84. The summed E-state index contributed by atoms with van der Waals surface area (Å²) in [5.41, 5.74) is 10.3. The van der Waals surface area contributed by atoms with Gasteiger partial charge in [0.15, 0.2) is 0 Å². The summed E-state index contributed by atoms with van der Waals surface area (Å²) in [5, 5.41) is 2.55. The second kappa shape index (κ2) is 10.4. The molecule has 0 aliphatic heterocycles. The molecule has 4 aromatic carbocycles. The Labute approximate surface area is 250 Å². The van der Waals surface area contributed by atoms with Crippen LogP contribution in [0.25, 0.3) is 33.6 Å². The van der Waals surface area contributed by atoms with E-state index in [2.05, 4.69) is 129 Å². The van der Waals surface area contributed by atoms with Gasteiger partial charge >= 0.3 is 228 Å². The maximum atomic E-state index is 6.31. The van der Waals surface area contributed by atoms with Gasteiger partial charge in [-0.1, -0.05) is 0 Å². The van der Waals surface area contributed by atoms with Crippen LogP contribution in [0.4, 0.5) is 0 Å². The molecule has 2 unspecified atom stereocenters. The van der Waals surface area contributed by atoms with Crippen LogP contribution in [-0.4, -0.2) is 0 Å². The van der Waals surface area contributed by atoms with E-state index in [0.717, 1.165) is 11.2 Å². The summed E-state index contributed by atoms with van der Waals surface area (Å²) in [7, 11) is 0. The first-order chi connectivity index (χ1) is 16.7. The number of hydrogen-bond donors (Lipinski definition) is 0. The zero-order valence-electron chi connectivity index (χ0n) is 18.8. The molecule has 0 radical (unpaired) electrons. The molecule has 2 aromatic heterocycles. The Hall–Kier alpha value is -1.42. The summed E-state index contributed by atoms with van der Waals surface area (Å²) in [5.74, 6) is 0. The second-order valence-corrected chi connectivity index (χ2v) is 14.2. The van der Waals surface area contributed by atoms with E-state index >= 15 is 0 Å². The van der Waals surface area contributed by atoms with Crippen LogP contribution in [0.2, 0.25) is 0 Å². The Balaban J connectivity index is 0.00000133. The van der Waals surface area contributed by atoms with E-state index in [9.17, 15) is 0 Å². The van der Waals surface area contributed by atoms with Crippen LogP contribution >= 0.6 is 31.9 Å². The van der Waals surface area contributed by atoms with Crippen LogP contribution in [0, 0.1) is 0 Å². The normalized spacial score (nSPS) is 16.8. The Morgan fingerprint density at radius 2 is 1.44 bits per heavy atom. The van der Waals surface area contributed by atoms with Crippen LogP contribution in [-0.2, 0) is 23.2 Å². The average Bonchev–Trinajstić information content (AvgIpc) is 3.45. The number of halogens is 4. The van der Waals surface area contributed by atoms with Crippen LogP contribution in [0.3, 0.4) is 0 Å². The van der Waals surface area contributed by atoms with Gasteiger partial charge in [0, 0.05) is 0 Å². The van der Waals surface area contributed by atoms with Gasteiger partial charge in [-0.3, -0.25) is 0 Å². The van der Waals surface area contributed by atoms with Crippen LogP contribution < -0.4 is 24.8 Å². The van der Waals surface area contributed by atoms with Gasteiger partial charge in [-0.2, -0.15) is 0 Å². The van der Waals surface area contributed by atoms with Gasteiger partial charge in [-0.05, 0) is 0 Å². The van der Waals surface area contributed by atoms with Gasteiger partial charge in [0.05, 0.1) is 0 Å². The van der Waals surface area contributed by atoms with Gasteiger partial charge in [0.25, 0.3) is 0 Å². The molecule has 1 nitrogen and oxygen atoms in total. The fraction of sp³-hybridized carbons (Fsp3) is 0.0667. The Kier molecular flexibility index (Phi) is 7.56. The fourth-order valence-corrected chi connectivity index (χ4v) is 12.9. The van der Waals surface area contributed by atoms with Crippen molar-refractivity contribution in [1.29, 1.82) is 0 Å². The minimum absolute atomic E-state index is 0. The molecule has 2 atom stereocenters. The average molecular weight is 716 g/mol. The third-order valence-corrected chi connectivity index (χ3v) is 12.9. The van der Waals surface area contributed by atoms with E-state index in [1.807, 2.05) is 0 Å². The predicted molar refractivity (Wildman–Crippen MR) is 143 cm³/mol. The van der Waals surface area contributed by atoms with Crippen LogP contribution in [0.5, 0.6) is 0 Å². The first-order valence-electron chi connectivity index (χ1n) is 11.3. The van der Waals surface area contributed by atoms with Gasteiger partial charge in [0.2, 0.25) is 0 Å². The first-order valence-corrected chi connectivity index (χ1v) is 15.7. The smallest absolute Gasteiger partial charge is 1.00 e. The van der Waals surface area contributed by atoms with Crippen molar-refractivity contribution in [3.8, 4) is 0 Å². The number of fused-ring (bicyclic) bond motifs is 3. The van der Waals surface area contributed by atoms with E-state index in [-0.39, 0.29) is 24.8 Å². The predicted octanol–water partition coefficient (Wildman–Crippen LogP) is 3.46. The molecule has 0 amide bonds. The first kappa shape index (κ1) is 26.2. The Morgan fingerprint density at radius 1 is 0.694 bits per heavy atom. The van der Waals surface area contributed by atoms with Crippen molar-refractivity contribution in [1.82, 2.24) is 0 Å². The van der Waals surface area contributed by atoms with Crippen molar-refractivity contribution in [3.05, 3.63) is 128 Å². The topological polar surface area (TPSA) is 13.1 Å². The Bertz CT molecular complexity index is 1660. The third kappa shape index (κ3) is 4.24. The van der Waals surface area contributed by atoms with Crippen molar-refractivity contribution in [2.24, 2.45) is 0 Å². The minimum atomic E-state index is -1.11. The monoisotopic (exact) mass is 712 g/mol. The van der Waals surface area contributed by atoms with Crippen molar-refractivity contribution >= 4 is 65.4 Å². The number of allylic oxidation sites excluding steroid dienone is 1. The van der Waals surface area contributed by atoms with E-state index in [0.29, 0.717) is 7.25 Å². The van der Waals surface area contributed by atoms with E-state index in [1.165, 1.54) is 53.1 Å². The molecule has 6 aromatic rings. The summed E-state index contributed by atoms with van der Waals surface area (Å²) in [4.78, 5) is 0. The molecule has 36 heavy (non-hydrogen) atoms. The molecular weight excluding hydrogens is 698 g/mol. The molecule has 2 heterocycles. The van der Waals surface area contributed by atoms with Crippen molar-refractivity contribution in [3.63, 3.8) is 0 Å². The number of rotatable bonds is 3. The number of benzene rings is 4. The Morgan fingerprint density at radius 3 is 2.22 bits per heavy atom. The van der Waals surface area contributed by atoms with Gasteiger partial charge in [-0.25, -0.2) is 0 Å². The molecule has 0 saturated carbocycles. The van der Waals surface area contributed by atoms with Gasteiger partial charge in [-0.15, -0.1) is 0 Å². The molecule has 2 aliphatic rings. The van der Waals surface area contributed by atoms with Crippen molar-refractivity contribution in [2.75, 3.05) is 0 Å². The zero-order chi connectivity index (χ0) is 22.8. The van der Waals surface area contributed by atoms with E-state index in [1.54, 1.807) is 0 Å². The van der Waals surface area contributed by atoms with Crippen molar-refractivity contribution in [2.45, 2.75) is 7.25 Å². The molecule has 0 saturated heterocycles. The summed E-state index contributed by atoms with van der Waals surface area (Å²) in [6.45, 7) is 0. The summed E-state index contributed by atoms with van der Waals surface area (Å²) >= 11 is 6.72. The molecule has 6 heteroatoms. The molecular formula is C30H18Br2Cl2OZr. The van der Waals surface area contributed by atoms with Crippen LogP contribution in [0.15, 0.2) is 104 Å². The molecule has 8 rings (SSSR count). The molecule has 4 bridgehead atoms. The molecule has 0 spiro atoms. The molecule has 2 aliphatic carbocycles. The van der Waals surface area contributed by atoms with E-state index < -0.39 is 23.2 Å². The SMILES string of the molecule is Brc1cccc2c1[CH]([Zr+2][CH]1c3cc4c1c(Br)ccc4oc1ccc3cc1)C(c1ccccc1)=C2.[Cl-].[Cl-]. The largest absolute Gasteiger partial charge is 1.00 e. The maximum absolute atomic E-state index is 6.31. The zero-order valence-corrected chi connectivity index (χ0v) is 26.0. The minimum Gasteiger partial charge on any atom is -1.00 e. The summed E-state index contributed by atoms with van der Waals surface area (Å²) < 4.78 is 9.61. The number of hydrogen-bond acceptors (Lipinski definition) is 1. The molecule has 176 valence electrons. The quantitative estimate of drug-likeness (QED) is 0.279. The van der Waals surface area contributed by atoms with Crippen LogP contribution in [0.1, 0.15) is 35.1 Å². The standard InChI is InChI=1S/C15H8BrO.C15H10Br.2ClH.Zr/c16-14-5-6-15-13-8-10(7-12(13)14)9-1-3-11(17-15)4-2-9;16-15-8-4-7-12-9-13(10-14(12)15)11-5-2-1-3-6-11;;;/h1-8H;1-10H;2*1H;/q;;;;+2/p-2. The molecule has 0 N–H and O–H groups in total. The summed E-state index contributed by atoms with van der Waals surface area (Å²) in [6, 6.07) is 32.8.